The third-order valence-corrected chi connectivity index (χ3v) is 7.41. The van der Waals surface area contributed by atoms with E-state index in [-0.39, 0.29) is 41.0 Å². The van der Waals surface area contributed by atoms with Crippen LogP contribution in [0.3, 0.4) is 0 Å². The van der Waals surface area contributed by atoms with E-state index in [0.29, 0.717) is 19.6 Å². The zero-order valence-electron chi connectivity index (χ0n) is 25.0. The summed E-state index contributed by atoms with van der Waals surface area (Å²) in [5.41, 5.74) is 1.17. The van der Waals surface area contributed by atoms with E-state index in [1.165, 1.54) is 0 Å². The summed E-state index contributed by atoms with van der Waals surface area (Å²) < 4.78 is 10.8. The quantitative estimate of drug-likeness (QED) is 0.520. The molecule has 3 heterocycles. The van der Waals surface area contributed by atoms with Crippen LogP contribution in [-0.4, -0.2) is 87.6 Å². The molecule has 2 amide bonds. The molecule has 11 nitrogen and oxygen atoms in total. The number of piperidine rings is 1. The van der Waals surface area contributed by atoms with Crippen molar-refractivity contribution in [2.45, 2.75) is 90.4 Å². The average molecular weight is 558 g/mol. The molecule has 1 saturated heterocycles. The number of Topliss-reactive ketones (excluding diaryl/α,β-unsaturated/α-hetero) is 1. The molecule has 0 atom stereocenters. The highest BCUT2D eigenvalue weighted by atomic mass is 16.6. The summed E-state index contributed by atoms with van der Waals surface area (Å²) in [7, 11) is 3.83. The zero-order chi connectivity index (χ0) is 29.7. The van der Waals surface area contributed by atoms with Crippen LogP contribution < -0.4 is 5.69 Å². The Kier molecular flexibility index (Phi) is 7.57. The molecule has 2 aliphatic carbocycles. The highest BCUT2D eigenvalue weighted by Crippen LogP contribution is 2.54. The number of nitrogens with one attached hydrogen (secondary N) is 1. The molecule has 1 N–H and O–H groups in total. The van der Waals surface area contributed by atoms with Gasteiger partial charge >= 0.3 is 17.9 Å². The van der Waals surface area contributed by atoms with Crippen LogP contribution in [0.5, 0.6) is 0 Å². The first-order valence-corrected chi connectivity index (χ1v) is 13.9. The number of ketones is 1. The fourth-order valence-electron chi connectivity index (χ4n) is 5.30. The Morgan fingerprint density at radius 2 is 1.40 bits per heavy atom. The van der Waals surface area contributed by atoms with E-state index in [1.54, 1.807) is 16.0 Å². The van der Waals surface area contributed by atoms with E-state index in [9.17, 15) is 19.2 Å². The van der Waals surface area contributed by atoms with Crippen molar-refractivity contribution in [2.24, 2.45) is 5.41 Å². The fourth-order valence-corrected chi connectivity index (χ4v) is 5.30. The van der Waals surface area contributed by atoms with Gasteiger partial charge in [0.1, 0.15) is 11.2 Å². The molecule has 1 aromatic heterocycles. The van der Waals surface area contributed by atoms with Gasteiger partial charge in [-0.25, -0.2) is 19.4 Å². The number of amides is 2. The molecule has 0 radical (unpaired) electrons. The second kappa shape index (κ2) is 10.2. The van der Waals surface area contributed by atoms with Gasteiger partial charge in [-0.2, -0.15) is 0 Å². The number of hydrogen-bond acceptors (Lipinski definition) is 8. The first kappa shape index (κ1) is 29.6. The van der Waals surface area contributed by atoms with Crippen LogP contribution >= 0.6 is 0 Å². The number of ether oxygens (including phenoxy) is 2. The minimum absolute atomic E-state index is 0.0261. The Hall–Kier alpha value is -3.37. The van der Waals surface area contributed by atoms with Crippen molar-refractivity contribution in [1.82, 2.24) is 24.7 Å². The van der Waals surface area contributed by atoms with Gasteiger partial charge in [0.2, 0.25) is 0 Å². The minimum atomic E-state index is -0.531. The molecule has 0 bridgehead atoms. The Balaban J connectivity index is 0.000000185. The molecule has 2 aliphatic heterocycles. The Morgan fingerprint density at radius 3 is 1.88 bits per heavy atom. The van der Waals surface area contributed by atoms with E-state index in [4.69, 9.17) is 9.47 Å². The second-order valence-corrected chi connectivity index (χ2v) is 13.7. The van der Waals surface area contributed by atoms with Crippen molar-refractivity contribution in [3.05, 3.63) is 39.7 Å². The lowest BCUT2D eigenvalue weighted by atomic mass is 9.88. The van der Waals surface area contributed by atoms with Crippen molar-refractivity contribution >= 4 is 18.0 Å². The lowest BCUT2D eigenvalue weighted by molar-refractivity contribution is -0.119. The number of hydrogen-bond donors (Lipinski definition) is 1. The summed E-state index contributed by atoms with van der Waals surface area (Å²) in [5.74, 6) is 0.0355. The molecule has 3 fully saturated rings. The van der Waals surface area contributed by atoms with Crippen LogP contribution in [0, 0.1) is 5.41 Å². The summed E-state index contributed by atoms with van der Waals surface area (Å²) >= 11 is 0. The van der Waals surface area contributed by atoms with Crippen molar-refractivity contribution in [3.8, 4) is 0 Å². The van der Waals surface area contributed by atoms with Gasteiger partial charge in [-0.3, -0.25) is 9.69 Å². The standard InChI is InChI=1S/C15H24N2O3.C14H19N3O3/c1-14(2,3)20-13(19)17-9-12(18)11(8-16(4)5)15(10-17)6-7-15;1-13(2,3)20-12(19)17-7-10-9(6-15-11(18)16-10)14(8-17)4-5-14/h8H,6-7,9-10H2,1-5H3;6H,4-5,7-8H2,1-3H3,(H,15,16,18)/b11-8+;. The number of carbonyl (C=O) groups excluding carboxylic acids is 3. The van der Waals surface area contributed by atoms with E-state index < -0.39 is 11.2 Å². The first-order valence-electron chi connectivity index (χ1n) is 13.9. The highest BCUT2D eigenvalue weighted by molar-refractivity contribution is 6.01. The largest absolute Gasteiger partial charge is 0.444 e. The van der Waals surface area contributed by atoms with Gasteiger partial charge in [0.15, 0.2) is 5.78 Å². The van der Waals surface area contributed by atoms with Crippen molar-refractivity contribution in [3.63, 3.8) is 0 Å². The van der Waals surface area contributed by atoms with Gasteiger partial charge in [0.05, 0.1) is 13.1 Å². The van der Waals surface area contributed by atoms with Gasteiger partial charge in [0, 0.05) is 61.7 Å². The Labute approximate surface area is 235 Å². The van der Waals surface area contributed by atoms with Crippen molar-refractivity contribution in [2.75, 3.05) is 33.7 Å². The number of rotatable bonds is 1. The summed E-state index contributed by atoms with van der Waals surface area (Å²) in [6.45, 7) is 12.8. The maximum Gasteiger partial charge on any atom is 0.410 e. The summed E-state index contributed by atoms with van der Waals surface area (Å²) in [5, 5.41) is 0. The van der Waals surface area contributed by atoms with Gasteiger partial charge in [-0.1, -0.05) is 0 Å². The van der Waals surface area contributed by atoms with E-state index >= 15 is 0 Å². The molecule has 1 aromatic rings. The third kappa shape index (κ3) is 6.85. The minimum Gasteiger partial charge on any atom is -0.444 e. The summed E-state index contributed by atoms with van der Waals surface area (Å²) in [4.78, 5) is 59.7. The van der Waals surface area contributed by atoms with Crippen molar-refractivity contribution in [1.29, 1.82) is 0 Å². The fraction of sp³-hybridized carbons (Fsp3) is 0.690. The van der Waals surface area contributed by atoms with Gasteiger partial charge in [-0.15, -0.1) is 0 Å². The zero-order valence-corrected chi connectivity index (χ0v) is 25.0. The number of H-pyrrole nitrogens is 1. The second-order valence-electron chi connectivity index (χ2n) is 13.7. The number of aromatic amines is 1. The molecule has 5 rings (SSSR count). The molecule has 11 heteroatoms. The SMILES string of the molecule is CC(C)(C)OC(=O)N1Cc2[nH]c(=O)ncc2C2(CC2)C1.CN(C)/C=C1\C(=O)CN(C(=O)OC(C)(C)C)CC12CC2. The predicted octanol–water partition coefficient (Wildman–Crippen LogP) is 3.58. The smallest absolute Gasteiger partial charge is 0.410 e. The number of aromatic nitrogens is 2. The van der Waals surface area contributed by atoms with Crippen molar-refractivity contribution < 1.29 is 23.9 Å². The van der Waals surface area contributed by atoms with Gasteiger partial charge in [-0.05, 0) is 72.8 Å². The van der Waals surface area contributed by atoms with Crippen LogP contribution in [0.4, 0.5) is 9.59 Å². The number of nitrogens with zero attached hydrogens (tertiary/aromatic N) is 4. The molecule has 4 aliphatic rings. The normalized spacial score (nSPS) is 21.4. The predicted molar refractivity (Wildman–Crippen MR) is 149 cm³/mol. The first-order chi connectivity index (χ1) is 18.4. The van der Waals surface area contributed by atoms with Gasteiger partial charge < -0.3 is 24.3 Å². The number of fused-ring (bicyclic) bond motifs is 2. The maximum absolute atomic E-state index is 12.3. The van der Waals surface area contributed by atoms with E-state index in [2.05, 4.69) is 9.97 Å². The molecule has 40 heavy (non-hydrogen) atoms. The van der Waals surface area contributed by atoms with Crippen LogP contribution in [0.1, 0.15) is 78.5 Å². The maximum atomic E-state index is 12.3. The molecule has 0 unspecified atom stereocenters. The van der Waals surface area contributed by atoms with E-state index in [0.717, 1.165) is 42.5 Å². The molecule has 0 aromatic carbocycles. The van der Waals surface area contributed by atoms with Crippen LogP contribution in [0.25, 0.3) is 0 Å². The summed E-state index contributed by atoms with van der Waals surface area (Å²) in [6.07, 6.45) is 6.83. The van der Waals surface area contributed by atoms with Gasteiger partial charge in [0.25, 0.3) is 0 Å². The molecule has 2 saturated carbocycles. The summed E-state index contributed by atoms with van der Waals surface area (Å²) in [6, 6.07) is 0. The molecule has 2 spiro atoms. The van der Waals surface area contributed by atoms with E-state index in [1.807, 2.05) is 66.7 Å². The lowest BCUT2D eigenvalue weighted by Gasteiger charge is -2.35. The molecular formula is C29H43N5O6. The monoisotopic (exact) mass is 557 g/mol. The van der Waals surface area contributed by atoms with Crippen LogP contribution in [-0.2, 0) is 26.2 Å². The lowest BCUT2D eigenvalue weighted by Crippen LogP contribution is -2.48. The number of likely N-dealkylation sites (tertiary alicyclic amines) is 1. The third-order valence-electron chi connectivity index (χ3n) is 7.41. The Bertz CT molecular complexity index is 1260. The average Bonchev–Trinajstić information content (AvgIpc) is 3.72. The molecular weight excluding hydrogens is 514 g/mol. The topological polar surface area (TPSA) is 125 Å². The molecule has 220 valence electrons. The Morgan fingerprint density at radius 1 is 0.900 bits per heavy atom. The number of carbonyl (C=O) groups is 3. The van der Waals surface area contributed by atoms with Crippen LogP contribution in [0.2, 0.25) is 0 Å². The highest BCUT2D eigenvalue weighted by Gasteiger charge is 2.54. The van der Waals surface area contributed by atoms with Crippen LogP contribution in [0.15, 0.2) is 22.8 Å².